The molecular weight excluding hydrogens is 329 g/mol. The van der Waals surface area contributed by atoms with Gasteiger partial charge in [-0.3, -0.25) is 15.5 Å². The van der Waals surface area contributed by atoms with Gasteiger partial charge in [0.15, 0.2) is 11.6 Å². The lowest BCUT2D eigenvalue weighted by atomic mass is 10.3. The summed E-state index contributed by atoms with van der Waals surface area (Å²) in [6, 6.07) is 3.12. The predicted octanol–water partition coefficient (Wildman–Crippen LogP) is 3.70. The number of hydrogen-bond acceptors (Lipinski definition) is 6. The van der Waals surface area contributed by atoms with E-state index in [1.807, 2.05) is 0 Å². The van der Waals surface area contributed by atoms with Gasteiger partial charge in [0.1, 0.15) is 4.92 Å². The summed E-state index contributed by atoms with van der Waals surface area (Å²) in [7, 11) is 0. The zero-order valence-corrected chi connectivity index (χ0v) is 11.2. The molecule has 0 bridgehead atoms. The van der Waals surface area contributed by atoms with Gasteiger partial charge in [0.05, 0.1) is 22.9 Å². The third kappa shape index (κ3) is 3.73. The standard InChI is InChI=1S/C11H6ClF3N4O3/c12-8-3-6(11(13,14)15)4-16-10(8)18-17-5-7-1-2-9(22-7)19(20)21/h1-5H,(H,16,18). The first kappa shape index (κ1) is 15.8. The normalized spacial score (nSPS) is 11.8. The lowest BCUT2D eigenvalue weighted by Crippen LogP contribution is -2.06. The molecule has 2 aromatic rings. The van der Waals surface area contributed by atoms with Gasteiger partial charge in [0.25, 0.3) is 0 Å². The molecule has 2 rings (SSSR count). The summed E-state index contributed by atoms with van der Waals surface area (Å²) in [4.78, 5) is 13.2. The van der Waals surface area contributed by atoms with E-state index < -0.39 is 22.5 Å². The highest BCUT2D eigenvalue weighted by Gasteiger charge is 2.31. The molecule has 0 saturated heterocycles. The van der Waals surface area contributed by atoms with Crippen LogP contribution in [0.5, 0.6) is 0 Å². The zero-order valence-electron chi connectivity index (χ0n) is 10.5. The van der Waals surface area contributed by atoms with Crippen LogP contribution in [0.2, 0.25) is 5.02 Å². The van der Waals surface area contributed by atoms with Crippen LogP contribution in [0.4, 0.5) is 24.9 Å². The Morgan fingerprint density at radius 3 is 2.73 bits per heavy atom. The molecule has 0 aliphatic carbocycles. The molecular formula is C11H6ClF3N4O3. The number of nitrogens with zero attached hydrogens (tertiary/aromatic N) is 3. The van der Waals surface area contributed by atoms with E-state index in [9.17, 15) is 23.3 Å². The molecule has 1 N–H and O–H groups in total. The smallest absolute Gasteiger partial charge is 0.400 e. The SMILES string of the molecule is O=[N+]([O-])c1ccc(C=NNc2ncc(C(F)(F)F)cc2Cl)o1. The molecule has 0 saturated carbocycles. The molecule has 0 aromatic carbocycles. The third-order valence-corrected chi connectivity index (χ3v) is 2.61. The largest absolute Gasteiger partial charge is 0.433 e. The van der Waals surface area contributed by atoms with E-state index in [2.05, 4.69) is 15.5 Å². The first-order chi connectivity index (χ1) is 10.3. The minimum Gasteiger partial charge on any atom is -0.400 e. The average Bonchev–Trinajstić information content (AvgIpc) is 2.88. The number of halogens is 4. The van der Waals surface area contributed by atoms with Gasteiger partial charge in [-0.05, 0) is 12.1 Å². The van der Waals surface area contributed by atoms with Crippen molar-refractivity contribution in [2.24, 2.45) is 5.10 Å². The molecule has 22 heavy (non-hydrogen) atoms. The number of rotatable bonds is 4. The van der Waals surface area contributed by atoms with Crippen LogP contribution in [0, 0.1) is 10.1 Å². The van der Waals surface area contributed by atoms with Crippen molar-refractivity contribution in [2.75, 3.05) is 5.43 Å². The van der Waals surface area contributed by atoms with Gasteiger partial charge in [-0.25, -0.2) is 4.98 Å². The lowest BCUT2D eigenvalue weighted by molar-refractivity contribution is -0.402. The molecule has 0 spiro atoms. The minimum absolute atomic E-state index is 0.0715. The average molecular weight is 335 g/mol. The van der Waals surface area contributed by atoms with Crippen LogP contribution in [0.3, 0.4) is 0 Å². The summed E-state index contributed by atoms with van der Waals surface area (Å²) >= 11 is 5.65. The second-order valence-electron chi connectivity index (χ2n) is 3.86. The van der Waals surface area contributed by atoms with Crippen LogP contribution in [-0.4, -0.2) is 16.1 Å². The lowest BCUT2D eigenvalue weighted by Gasteiger charge is -2.08. The fraction of sp³-hybridized carbons (Fsp3) is 0.0909. The van der Waals surface area contributed by atoms with Crippen LogP contribution in [0.1, 0.15) is 11.3 Å². The predicted molar refractivity (Wildman–Crippen MR) is 70.8 cm³/mol. The zero-order chi connectivity index (χ0) is 16.3. The fourth-order valence-corrected chi connectivity index (χ4v) is 1.55. The second-order valence-corrected chi connectivity index (χ2v) is 4.26. The van der Waals surface area contributed by atoms with E-state index >= 15 is 0 Å². The quantitative estimate of drug-likeness (QED) is 0.522. The topological polar surface area (TPSA) is 93.6 Å². The third-order valence-electron chi connectivity index (χ3n) is 2.32. The maximum absolute atomic E-state index is 12.4. The Morgan fingerprint density at radius 2 is 2.18 bits per heavy atom. The van der Waals surface area contributed by atoms with Gasteiger partial charge in [0, 0.05) is 6.20 Å². The van der Waals surface area contributed by atoms with Crippen molar-refractivity contribution in [3.63, 3.8) is 0 Å². The van der Waals surface area contributed by atoms with Crippen molar-refractivity contribution in [1.82, 2.24) is 4.98 Å². The maximum Gasteiger partial charge on any atom is 0.433 e. The van der Waals surface area contributed by atoms with Crippen molar-refractivity contribution in [3.8, 4) is 0 Å². The fourth-order valence-electron chi connectivity index (χ4n) is 1.34. The van der Waals surface area contributed by atoms with Crippen LogP contribution >= 0.6 is 11.6 Å². The number of aromatic nitrogens is 1. The van der Waals surface area contributed by atoms with Gasteiger partial charge >= 0.3 is 12.1 Å². The van der Waals surface area contributed by atoms with Crippen LogP contribution in [-0.2, 0) is 6.18 Å². The van der Waals surface area contributed by atoms with Gasteiger partial charge in [-0.1, -0.05) is 11.6 Å². The van der Waals surface area contributed by atoms with Crippen LogP contribution in [0.25, 0.3) is 0 Å². The van der Waals surface area contributed by atoms with Crippen LogP contribution in [0.15, 0.2) is 33.9 Å². The Hall–Kier alpha value is -2.62. The maximum atomic E-state index is 12.4. The number of nitro groups is 1. The van der Waals surface area contributed by atoms with E-state index in [1.54, 1.807) is 0 Å². The molecule has 7 nitrogen and oxygen atoms in total. The Labute approximate surface area is 125 Å². The van der Waals surface area contributed by atoms with Crippen molar-refractivity contribution in [3.05, 3.63) is 50.9 Å². The highest BCUT2D eigenvalue weighted by atomic mass is 35.5. The van der Waals surface area contributed by atoms with E-state index in [0.29, 0.717) is 12.3 Å². The molecule has 0 unspecified atom stereocenters. The van der Waals surface area contributed by atoms with E-state index in [1.165, 1.54) is 6.07 Å². The van der Waals surface area contributed by atoms with Crippen molar-refractivity contribution in [1.29, 1.82) is 0 Å². The first-order valence-electron chi connectivity index (χ1n) is 5.53. The van der Waals surface area contributed by atoms with Crippen LogP contribution < -0.4 is 5.43 Å². The molecule has 0 radical (unpaired) electrons. The van der Waals surface area contributed by atoms with Gasteiger partial charge in [0.2, 0.25) is 0 Å². The summed E-state index contributed by atoms with van der Waals surface area (Å²) in [5.41, 5.74) is 1.32. The highest BCUT2D eigenvalue weighted by molar-refractivity contribution is 6.32. The number of pyridine rings is 1. The molecule has 0 fully saturated rings. The summed E-state index contributed by atoms with van der Waals surface area (Å²) < 4.78 is 42.1. The summed E-state index contributed by atoms with van der Waals surface area (Å²) in [6.07, 6.45) is -2.87. The molecule has 116 valence electrons. The highest BCUT2D eigenvalue weighted by Crippen LogP contribution is 2.32. The Kier molecular flexibility index (Phi) is 4.31. The molecule has 0 amide bonds. The van der Waals surface area contributed by atoms with E-state index in [-0.39, 0.29) is 16.6 Å². The second kappa shape index (κ2) is 6.02. The summed E-state index contributed by atoms with van der Waals surface area (Å²) in [6.45, 7) is 0. The number of alkyl halides is 3. The molecule has 2 heterocycles. The van der Waals surface area contributed by atoms with Gasteiger partial charge < -0.3 is 4.42 Å². The van der Waals surface area contributed by atoms with Crippen molar-refractivity contribution in [2.45, 2.75) is 6.18 Å². The number of furan rings is 1. The van der Waals surface area contributed by atoms with E-state index in [0.717, 1.165) is 12.3 Å². The molecule has 2 aromatic heterocycles. The first-order valence-corrected chi connectivity index (χ1v) is 5.91. The van der Waals surface area contributed by atoms with Gasteiger partial charge in [-0.15, -0.1) is 0 Å². The Bertz CT molecular complexity index is 730. The number of anilines is 1. The van der Waals surface area contributed by atoms with Gasteiger partial charge in [-0.2, -0.15) is 18.3 Å². The Balaban J connectivity index is 2.07. The van der Waals surface area contributed by atoms with Crippen molar-refractivity contribution < 1.29 is 22.5 Å². The molecule has 0 aliphatic rings. The number of nitrogens with one attached hydrogen (secondary N) is 1. The summed E-state index contributed by atoms with van der Waals surface area (Å²) in [5, 5.41) is 13.7. The number of hydrazone groups is 1. The van der Waals surface area contributed by atoms with Crippen molar-refractivity contribution >= 4 is 29.5 Å². The minimum atomic E-state index is -4.55. The molecule has 0 aliphatic heterocycles. The summed E-state index contributed by atoms with van der Waals surface area (Å²) in [5.74, 6) is -0.499. The Morgan fingerprint density at radius 1 is 1.45 bits per heavy atom. The van der Waals surface area contributed by atoms with E-state index in [4.69, 9.17) is 16.0 Å². The monoisotopic (exact) mass is 334 g/mol. The number of hydrogen-bond donors (Lipinski definition) is 1. The molecule has 11 heteroatoms. The molecule has 0 atom stereocenters.